The van der Waals surface area contributed by atoms with Crippen molar-refractivity contribution in [2.75, 3.05) is 32.8 Å². The Morgan fingerprint density at radius 2 is 1.81 bits per heavy atom. The fourth-order valence-electron chi connectivity index (χ4n) is 4.67. The fraction of sp³-hybridized carbons (Fsp3) is 0.542. The number of piperidine rings is 2. The predicted molar refractivity (Wildman–Crippen MR) is 116 cm³/mol. The van der Waals surface area contributed by atoms with Crippen LogP contribution >= 0.6 is 0 Å². The van der Waals surface area contributed by atoms with Crippen molar-refractivity contribution in [1.82, 2.24) is 15.0 Å². The quantitative estimate of drug-likeness (QED) is 0.678. The fourth-order valence-corrected chi connectivity index (χ4v) is 4.67. The lowest BCUT2D eigenvalue weighted by Crippen LogP contribution is -2.51. The molecule has 2 aliphatic rings. The molecule has 0 N–H and O–H groups in total. The highest BCUT2D eigenvalue weighted by Crippen LogP contribution is 2.36. The van der Waals surface area contributed by atoms with Crippen LogP contribution in [-0.2, 0) is 4.79 Å². The van der Waals surface area contributed by atoms with Crippen molar-refractivity contribution in [3.05, 3.63) is 47.6 Å². The van der Waals surface area contributed by atoms with E-state index in [0.717, 1.165) is 45.2 Å². The normalized spacial score (nSPS) is 21.4. The Morgan fingerprint density at radius 3 is 2.50 bits per heavy atom. The molecular formula is C24H30FN3O4. The van der Waals surface area contributed by atoms with Gasteiger partial charge >= 0.3 is 0 Å². The van der Waals surface area contributed by atoms with Crippen LogP contribution in [0, 0.1) is 18.2 Å². The van der Waals surface area contributed by atoms with Crippen molar-refractivity contribution in [3.8, 4) is 5.75 Å². The molecule has 0 bridgehead atoms. The Hall–Kier alpha value is -2.90. The molecule has 0 saturated carbocycles. The summed E-state index contributed by atoms with van der Waals surface area (Å²) >= 11 is 0. The van der Waals surface area contributed by atoms with Crippen LogP contribution in [0.3, 0.4) is 0 Å². The van der Waals surface area contributed by atoms with Gasteiger partial charge in [0, 0.05) is 44.1 Å². The molecule has 0 radical (unpaired) electrons. The molecule has 0 aliphatic carbocycles. The third kappa shape index (κ3) is 5.29. The molecule has 8 heteroatoms. The second kappa shape index (κ2) is 9.71. The van der Waals surface area contributed by atoms with Crippen LogP contribution in [0.2, 0.25) is 0 Å². The van der Waals surface area contributed by atoms with Gasteiger partial charge in [-0.3, -0.25) is 9.59 Å². The smallest absolute Gasteiger partial charge is 0.276 e. The maximum Gasteiger partial charge on any atom is 0.276 e. The molecule has 7 nitrogen and oxygen atoms in total. The summed E-state index contributed by atoms with van der Waals surface area (Å²) in [4.78, 5) is 29.9. The first-order valence-corrected chi connectivity index (χ1v) is 11.3. The Morgan fingerprint density at radius 1 is 1.09 bits per heavy atom. The number of carbonyl (C=O) groups is 2. The molecule has 2 saturated heterocycles. The van der Waals surface area contributed by atoms with Crippen molar-refractivity contribution >= 4 is 11.8 Å². The minimum absolute atomic E-state index is 0.110. The zero-order chi connectivity index (χ0) is 22.6. The van der Waals surface area contributed by atoms with Crippen LogP contribution in [0.1, 0.15) is 54.8 Å². The average molecular weight is 444 g/mol. The number of hydrogen-bond acceptors (Lipinski definition) is 5. The third-order valence-electron chi connectivity index (χ3n) is 6.39. The summed E-state index contributed by atoms with van der Waals surface area (Å²) in [5.41, 5.74) is -0.240. The lowest BCUT2D eigenvalue weighted by atomic mass is 9.77. The predicted octanol–water partition coefficient (Wildman–Crippen LogP) is 3.83. The lowest BCUT2D eigenvalue weighted by Gasteiger charge is -2.43. The van der Waals surface area contributed by atoms with Crippen LogP contribution in [0.25, 0.3) is 0 Å². The van der Waals surface area contributed by atoms with Crippen LogP contribution in [0.15, 0.2) is 34.9 Å². The van der Waals surface area contributed by atoms with Crippen molar-refractivity contribution in [3.63, 3.8) is 0 Å². The maximum absolute atomic E-state index is 13.3. The van der Waals surface area contributed by atoms with Crippen LogP contribution in [0.4, 0.5) is 4.39 Å². The van der Waals surface area contributed by atoms with E-state index in [0.29, 0.717) is 31.0 Å². The molecule has 0 unspecified atom stereocenters. The van der Waals surface area contributed by atoms with Gasteiger partial charge in [0.25, 0.3) is 5.91 Å². The molecule has 2 fully saturated rings. The summed E-state index contributed by atoms with van der Waals surface area (Å²) in [5, 5.41) is 3.87. The third-order valence-corrected chi connectivity index (χ3v) is 6.39. The monoisotopic (exact) mass is 443 g/mol. The van der Waals surface area contributed by atoms with E-state index in [9.17, 15) is 14.0 Å². The average Bonchev–Trinajstić information content (AvgIpc) is 3.25. The highest BCUT2D eigenvalue weighted by atomic mass is 19.1. The van der Waals surface area contributed by atoms with E-state index >= 15 is 0 Å². The van der Waals surface area contributed by atoms with Crippen LogP contribution in [-0.4, -0.2) is 59.6 Å². The number of benzene rings is 1. The Labute approximate surface area is 187 Å². The van der Waals surface area contributed by atoms with Crippen molar-refractivity contribution < 1.29 is 23.2 Å². The molecule has 1 aromatic heterocycles. The molecule has 1 aromatic carbocycles. The Kier molecular flexibility index (Phi) is 6.77. The number of rotatable bonds is 6. The summed E-state index contributed by atoms with van der Waals surface area (Å²) in [5.74, 6) is 0.713. The standard InChI is InChI=1S/C24H30FN3O4/c1-18-14-21(26-32-18)23(30)28-13-5-10-24(16-28,15-22(29)27-11-3-2-4-12-27)17-31-20-8-6-19(25)7-9-20/h6-9,14H,2-5,10-13,15-17H2,1H3/t24-/m0/s1. The second-order valence-electron chi connectivity index (χ2n) is 9.01. The molecule has 1 atom stereocenters. The van der Waals surface area contributed by atoms with Gasteiger partial charge in [-0.1, -0.05) is 5.16 Å². The number of ether oxygens (including phenoxy) is 1. The largest absolute Gasteiger partial charge is 0.493 e. The molecule has 2 aliphatic heterocycles. The SMILES string of the molecule is Cc1cc(C(=O)N2CCC[C@](COc3ccc(F)cc3)(CC(=O)N3CCCCC3)C2)no1. The summed E-state index contributed by atoms with van der Waals surface area (Å²) in [6.45, 7) is 4.60. The first kappa shape index (κ1) is 22.3. The van der Waals surface area contributed by atoms with Gasteiger partial charge < -0.3 is 19.1 Å². The van der Waals surface area contributed by atoms with Gasteiger partial charge in [-0.15, -0.1) is 0 Å². The molecule has 2 aromatic rings. The van der Waals surface area contributed by atoms with Gasteiger partial charge in [0.15, 0.2) is 5.69 Å². The number of carbonyl (C=O) groups excluding carboxylic acids is 2. The summed E-state index contributed by atoms with van der Waals surface area (Å²) in [7, 11) is 0. The molecule has 0 spiro atoms. The van der Waals surface area contributed by atoms with Crippen molar-refractivity contribution in [2.45, 2.75) is 45.4 Å². The zero-order valence-corrected chi connectivity index (χ0v) is 18.5. The first-order chi connectivity index (χ1) is 15.4. The molecule has 4 rings (SSSR count). The Balaban J connectivity index is 1.51. The van der Waals surface area contributed by atoms with Gasteiger partial charge in [0.1, 0.15) is 17.3 Å². The lowest BCUT2D eigenvalue weighted by molar-refractivity contribution is -0.136. The number of aryl methyl sites for hydroxylation is 1. The number of nitrogens with zero attached hydrogens (tertiary/aromatic N) is 3. The van der Waals surface area contributed by atoms with Crippen molar-refractivity contribution in [1.29, 1.82) is 0 Å². The van der Waals surface area contributed by atoms with Gasteiger partial charge in [0.2, 0.25) is 5.91 Å². The minimum atomic E-state index is -0.518. The number of likely N-dealkylation sites (tertiary alicyclic amines) is 2. The molecule has 172 valence electrons. The van der Waals surface area contributed by atoms with E-state index in [1.54, 1.807) is 30.0 Å². The highest BCUT2D eigenvalue weighted by molar-refractivity contribution is 5.92. The number of amides is 2. The van der Waals surface area contributed by atoms with Crippen LogP contribution in [0.5, 0.6) is 5.75 Å². The molecule has 3 heterocycles. The van der Waals surface area contributed by atoms with E-state index in [2.05, 4.69) is 5.16 Å². The maximum atomic E-state index is 13.3. The Bertz CT molecular complexity index is 939. The van der Waals surface area contributed by atoms with Gasteiger partial charge in [-0.05, 0) is 63.3 Å². The summed E-state index contributed by atoms with van der Waals surface area (Å²) in [6.07, 6.45) is 5.07. The first-order valence-electron chi connectivity index (χ1n) is 11.3. The van der Waals surface area contributed by atoms with E-state index in [4.69, 9.17) is 9.26 Å². The highest BCUT2D eigenvalue weighted by Gasteiger charge is 2.41. The molecule has 2 amide bonds. The second-order valence-corrected chi connectivity index (χ2v) is 9.01. The van der Waals surface area contributed by atoms with E-state index in [1.807, 2.05) is 4.90 Å². The van der Waals surface area contributed by atoms with E-state index < -0.39 is 5.41 Å². The summed E-state index contributed by atoms with van der Waals surface area (Å²) in [6, 6.07) is 7.50. The van der Waals surface area contributed by atoms with E-state index in [-0.39, 0.29) is 29.9 Å². The summed E-state index contributed by atoms with van der Waals surface area (Å²) < 4.78 is 24.4. The topological polar surface area (TPSA) is 75.9 Å². The van der Waals surface area contributed by atoms with Crippen LogP contribution < -0.4 is 4.74 Å². The van der Waals surface area contributed by atoms with Gasteiger partial charge in [0.05, 0.1) is 6.61 Å². The number of hydrogen-bond donors (Lipinski definition) is 0. The number of halogens is 1. The zero-order valence-electron chi connectivity index (χ0n) is 18.5. The van der Waals surface area contributed by atoms with Crippen molar-refractivity contribution in [2.24, 2.45) is 5.41 Å². The molecule has 32 heavy (non-hydrogen) atoms. The van der Waals surface area contributed by atoms with E-state index in [1.165, 1.54) is 12.1 Å². The number of aromatic nitrogens is 1. The minimum Gasteiger partial charge on any atom is -0.493 e. The molecular weight excluding hydrogens is 413 g/mol. The van der Waals surface area contributed by atoms with Gasteiger partial charge in [-0.25, -0.2) is 4.39 Å². The van der Waals surface area contributed by atoms with Gasteiger partial charge in [-0.2, -0.15) is 0 Å².